The van der Waals surface area contributed by atoms with E-state index in [1.54, 1.807) is 11.1 Å². The Morgan fingerprint density at radius 2 is 1.73 bits per heavy atom. The van der Waals surface area contributed by atoms with Gasteiger partial charge >= 0.3 is 5.97 Å². The number of allylic oxidation sites excluding steroid dienone is 2. The van der Waals surface area contributed by atoms with Gasteiger partial charge in [0.25, 0.3) is 0 Å². The van der Waals surface area contributed by atoms with E-state index < -0.39 is 0 Å². The van der Waals surface area contributed by atoms with Gasteiger partial charge in [-0.15, -0.1) is 0 Å². The number of anilines is 1. The standard InChI is InChI=1S/C36H57N3O2/c1-10-11-18-41-30(40)36-16-14-31(3,4)21-24(36)27-22(2)19-26-33(7)20-23-28(38-39-29(23)37)32(5,6)25(33)12-13-34(26,8)35(27,9)15-17-36/h24-26H,10-21H2,1-9H3,(H3,37,38,39)/t24-,25-,26?,33-,34+,35+,36-/m0/s1. The molecule has 41 heavy (non-hydrogen) atoms. The van der Waals surface area contributed by atoms with Crippen molar-refractivity contribution in [2.24, 2.45) is 44.8 Å². The predicted octanol–water partition coefficient (Wildman–Crippen LogP) is 8.54. The molecule has 0 radical (unpaired) electrons. The first-order valence-corrected chi connectivity index (χ1v) is 16.8. The van der Waals surface area contributed by atoms with Crippen molar-refractivity contribution in [3.8, 4) is 0 Å². The van der Waals surface area contributed by atoms with Gasteiger partial charge in [-0.3, -0.25) is 9.89 Å². The van der Waals surface area contributed by atoms with E-state index in [1.807, 2.05) is 0 Å². The fourth-order valence-electron chi connectivity index (χ4n) is 11.9. The van der Waals surface area contributed by atoms with Crippen molar-refractivity contribution in [2.75, 3.05) is 12.3 Å². The Labute approximate surface area is 249 Å². The van der Waals surface area contributed by atoms with E-state index in [2.05, 4.69) is 67.4 Å². The lowest BCUT2D eigenvalue weighted by Crippen LogP contribution is -2.65. The van der Waals surface area contributed by atoms with Gasteiger partial charge in [-0.25, -0.2) is 0 Å². The lowest BCUT2D eigenvalue weighted by molar-refractivity contribution is -0.182. The first kappa shape index (κ1) is 29.3. The fraction of sp³-hybridized carbons (Fsp3) is 0.833. The summed E-state index contributed by atoms with van der Waals surface area (Å²) >= 11 is 0. The monoisotopic (exact) mass is 563 g/mol. The van der Waals surface area contributed by atoms with Crippen LogP contribution in [0.1, 0.15) is 138 Å². The maximum absolute atomic E-state index is 14.1. The highest BCUT2D eigenvalue weighted by molar-refractivity contribution is 5.79. The predicted molar refractivity (Wildman–Crippen MR) is 166 cm³/mol. The highest BCUT2D eigenvalue weighted by atomic mass is 16.5. The second-order valence-electron chi connectivity index (χ2n) is 17.2. The molecule has 3 saturated carbocycles. The molecule has 0 amide bonds. The molecule has 0 bridgehead atoms. The van der Waals surface area contributed by atoms with E-state index in [0.717, 1.165) is 63.6 Å². The van der Waals surface area contributed by atoms with Crippen molar-refractivity contribution in [1.29, 1.82) is 0 Å². The Hall–Kier alpha value is -1.78. The quantitative estimate of drug-likeness (QED) is 0.218. The van der Waals surface area contributed by atoms with Gasteiger partial charge in [-0.05, 0) is 111 Å². The molecule has 0 saturated heterocycles. The number of ether oxygens (including phenoxy) is 1. The number of nitrogens with two attached hydrogens (primary N) is 1. The summed E-state index contributed by atoms with van der Waals surface area (Å²) in [5.41, 5.74) is 12.5. The maximum Gasteiger partial charge on any atom is 0.312 e. The number of esters is 1. The lowest BCUT2D eigenvalue weighted by Gasteiger charge is -2.71. The van der Waals surface area contributed by atoms with Crippen LogP contribution in [0, 0.1) is 44.8 Å². The van der Waals surface area contributed by atoms with Crippen LogP contribution in [0.3, 0.4) is 0 Å². The van der Waals surface area contributed by atoms with Gasteiger partial charge in [0, 0.05) is 11.0 Å². The molecular formula is C36H57N3O2. The second kappa shape index (κ2) is 9.11. The zero-order chi connectivity index (χ0) is 29.8. The molecule has 5 aliphatic carbocycles. The van der Waals surface area contributed by atoms with Gasteiger partial charge in [-0.2, -0.15) is 5.10 Å². The third-order valence-corrected chi connectivity index (χ3v) is 14.3. The molecule has 0 aliphatic heterocycles. The molecule has 5 aliphatic rings. The molecule has 5 nitrogen and oxygen atoms in total. The first-order chi connectivity index (χ1) is 19.1. The molecule has 6 rings (SSSR count). The Kier molecular flexibility index (Phi) is 6.51. The number of fused-ring (bicyclic) bond motifs is 8. The average molecular weight is 564 g/mol. The van der Waals surface area contributed by atoms with Crippen LogP contribution in [0.2, 0.25) is 0 Å². The van der Waals surface area contributed by atoms with E-state index in [4.69, 9.17) is 15.6 Å². The summed E-state index contributed by atoms with van der Waals surface area (Å²) < 4.78 is 6.09. The minimum absolute atomic E-state index is 0.00601. The van der Waals surface area contributed by atoms with E-state index >= 15 is 0 Å². The molecule has 1 aromatic heterocycles. The van der Waals surface area contributed by atoms with Crippen molar-refractivity contribution in [1.82, 2.24) is 10.2 Å². The number of aromatic nitrogens is 2. The molecule has 0 spiro atoms. The molecule has 5 heteroatoms. The number of carbonyl (C=O) groups excluding carboxylic acids is 1. The molecule has 1 heterocycles. The van der Waals surface area contributed by atoms with Crippen LogP contribution in [0.4, 0.5) is 5.82 Å². The minimum atomic E-state index is -0.351. The molecule has 0 aromatic carbocycles. The topological polar surface area (TPSA) is 81.0 Å². The zero-order valence-electron chi connectivity index (χ0n) is 27.6. The maximum atomic E-state index is 14.1. The average Bonchev–Trinajstić information content (AvgIpc) is 3.25. The number of rotatable bonds is 4. The van der Waals surface area contributed by atoms with Gasteiger partial charge in [0.2, 0.25) is 0 Å². The summed E-state index contributed by atoms with van der Waals surface area (Å²) in [6, 6.07) is 0. The molecule has 3 N–H and O–H groups in total. The van der Waals surface area contributed by atoms with E-state index in [0.29, 0.717) is 24.4 Å². The van der Waals surface area contributed by atoms with Gasteiger partial charge in [0.1, 0.15) is 5.82 Å². The van der Waals surface area contributed by atoms with Gasteiger partial charge in [0.15, 0.2) is 0 Å². The molecule has 228 valence electrons. The lowest BCUT2D eigenvalue weighted by atomic mass is 9.33. The second-order valence-corrected chi connectivity index (χ2v) is 17.2. The third-order valence-electron chi connectivity index (χ3n) is 14.3. The molecule has 3 fully saturated rings. The summed E-state index contributed by atoms with van der Waals surface area (Å²) in [5.74, 6) is 2.31. The number of unbranched alkanes of at least 4 members (excludes halogenated alkanes) is 1. The molecular weight excluding hydrogens is 506 g/mol. The van der Waals surface area contributed by atoms with Crippen molar-refractivity contribution in [2.45, 2.75) is 138 Å². The van der Waals surface area contributed by atoms with Crippen LogP contribution in [-0.4, -0.2) is 22.8 Å². The molecule has 1 unspecified atom stereocenters. The summed E-state index contributed by atoms with van der Waals surface area (Å²) in [6.07, 6.45) is 11.9. The smallest absolute Gasteiger partial charge is 0.312 e. The Morgan fingerprint density at radius 1 is 1.02 bits per heavy atom. The number of hydrogen-bond acceptors (Lipinski definition) is 4. The number of H-pyrrole nitrogens is 1. The number of nitrogen functional groups attached to an aromatic ring is 1. The molecule has 1 aromatic rings. The Balaban J connectivity index is 1.46. The van der Waals surface area contributed by atoms with Crippen LogP contribution in [-0.2, 0) is 21.4 Å². The zero-order valence-corrected chi connectivity index (χ0v) is 27.6. The van der Waals surface area contributed by atoms with E-state index in [9.17, 15) is 4.79 Å². The summed E-state index contributed by atoms with van der Waals surface area (Å²) in [7, 11) is 0. The summed E-state index contributed by atoms with van der Waals surface area (Å²) in [4.78, 5) is 14.1. The summed E-state index contributed by atoms with van der Waals surface area (Å²) in [5, 5.41) is 7.90. The van der Waals surface area contributed by atoms with Gasteiger partial charge in [-0.1, -0.05) is 73.0 Å². The number of hydrogen-bond donors (Lipinski definition) is 2. The Bertz CT molecular complexity index is 1270. The van der Waals surface area contributed by atoms with Crippen LogP contribution in [0.5, 0.6) is 0 Å². The van der Waals surface area contributed by atoms with Crippen LogP contribution >= 0.6 is 0 Å². The third kappa shape index (κ3) is 3.78. The Morgan fingerprint density at radius 3 is 2.44 bits per heavy atom. The number of nitrogens with one attached hydrogen (secondary N) is 1. The summed E-state index contributed by atoms with van der Waals surface area (Å²) in [6.45, 7) is 22.7. The van der Waals surface area contributed by atoms with Crippen molar-refractivity contribution in [3.05, 3.63) is 22.4 Å². The van der Waals surface area contributed by atoms with Gasteiger partial charge < -0.3 is 10.5 Å². The van der Waals surface area contributed by atoms with Gasteiger partial charge in [0.05, 0.1) is 17.7 Å². The van der Waals surface area contributed by atoms with Crippen molar-refractivity contribution in [3.63, 3.8) is 0 Å². The van der Waals surface area contributed by atoms with Crippen LogP contribution < -0.4 is 5.73 Å². The number of aromatic amines is 1. The van der Waals surface area contributed by atoms with E-state index in [1.165, 1.54) is 24.1 Å². The first-order valence-electron chi connectivity index (χ1n) is 16.8. The SMILES string of the molecule is CCCCOC(=O)[C@]12CCC(C)(C)C[C@H]1C1=C(C)CC3[C@@]4(C)Cc5c(n[nH]c5N)C(C)(C)[C@@H]4CC[C@@]3(C)[C@]1(C)CC2. The fourth-order valence-corrected chi connectivity index (χ4v) is 11.9. The molecule has 7 atom stereocenters. The van der Waals surface area contributed by atoms with E-state index in [-0.39, 0.29) is 38.5 Å². The van der Waals surface area contributed by atoms with Crippen molar-refractivity contribution >= 4 is 11.8 Å². The number of nitrogens with zero attached hydrogens (tertiary/aromatic N) is 1. The number of carbonyl (C=O) groups is 1. The van der Waals surface area contributed by atoms with Crippen LogP contribution in [0.25, 0.3) is 0 Å². The largest absolute Gasteiger partial charge is 0.465 e. The highest BCUT2D eigenvalue weighted by Crippen LogP contribution is 2.76. The minimum Gasteiger partial charge on any atom is -0.465 e. The van der Waals surface area contributed by atoms with Crippen molar-refractivity contribution < 1.29 is 9.53 Å². The normalized spacial score (nSPS) is 42.3. The van der Waals surface area contributed by atoms with Crippen LogP contribution in [0.15, 0.2) is 11.1 Å². The highest BCUT2D eigenvalue weighted by Gasteiger charge is 2.70.